The molecule has 5 heteroatoms. The molecule has 2 rings (SSSR count). The molecule has 0 saturated carbocycles. The molecule has 0 aliphatic carbocycles. The summed E-state index contributed by atoms with van der Waals surface area (Å²) in [5.41, 5.74) is 0.667. The van der Waals surface area contributed by atoms with Crippen LogP contribution >= 0.6 is 27.5 Å². The van der Waals surface area contributed by atoms with E-state index in [4.69, 9.17) is 16.0 Å². The minimum absolute atomic E-state index is 0.121. The van der Waals surface area contributed by atoms with E-state index in [1.165, 1.54) is 6.07 Å². The number of benzene rings is 1. The van der Waals surface area contributed by atoms with Gasteiger partial charge in [-0.25, -0.2) is 4.39 Å². The van der Waals surface area contributed by atoms with Gasteiger partial charge < -0.3 is 9.73 Å². The standard InChI is InChI=1S/C13H12BrClFNO/c1-2-17-13(10-6-7-11(14)18-10)8-4-3-5-9(16)12(8)15/h3-7,13,17H,2H2,1H3. The van der Waals surface area contributed by atoms with Gasteiger partial charge in [-0.15, -0.1) is 0 Å². The van der Waals surface area contributed by atoms with Gasteiger partial charge in [0.25, 0.3) is 0 Å². The summed E-state index contributed by atoms with van der Waals surface area (Å²) in [5, 5.41) is 3.35. The Balaban J connectivity index is 2.44. The topological polar surface area (TPSA) is 25.2 Å². The van der Waals surface area contributed by atoms with E-state index in [0.717, 1.165) is 6.54 Å². The molecule has 0 radical (unpaired) electrons. The molecule has 1 unspecified atom stereocenters. The van der Waals surface area contributed by atoms with Crippen LogP contribution in [-0.4, -0.2) is 6.54 Å². The summed E-state index contributed by atoms with van der Waals surface area (Å²) in [6, 6.07) is 8.14. The van der Waals surface area contributed by atoms with Gasteiger partial charge in [0.1, 0.15) is 11.6 Å². The Kier molecular flexibility index (Phi) is 4.43. The van der Waals surface area contributed by atoms with Crippen LogP contribution in [0, 0.1) is 5.82 Å². The molecule has 2 nitrogen and oxygen atoms in total. The van der Waals surface area contributed by atoms with Crippen molar-refractivity contribution in [2.24, 2.45) is 0 Å². The fourth-order valence-corrected chi connectivity index (χ4v) is 2.35. The van der Waals surface area contributed by atoms with Crippen LogP contribution in [0.1, 0.15) is 24.3 Å². The van der Waals surface area contributed by atoms with Gasteiger partial charge in [-0.05, 0) is 46.2 Å². The van der Waals surface area contributed by atoms with Crippen LogP contribution < -0.4 is 5.32 Å². The second kappa shape index (κ2) is 5.87. The van der Waals surface area contributed by atoms with Crippen LogP contribution in [0.3, 0.4) is 0 Å². The molecule has 1 aromatic heterocycles. The predicted octanol–water partition coefficient (Wildman–Crippen LogP) is 4.53. The van der Waals surface area contributed by atoms with Crippen LogP contribution in [0.25, 0.3) is 0 Å². The van der Waals surface area contributed by atoms with Gasteiger partial charge in [0.2, 0.25) is 0 Å². The minimum atomic E-state index is -0.428. The van der Waals surface area contributed by atoms with E-state index in [1.54, 1.807) is 18.2 Å². The lowest BCUT2D eigenvalue weighted by Gasteiger charge is -2.17. The lowest BCUT2D eigenvalue weighted by atomic mass is 10.0. The lowest BCUT2D eigenvalue weighted by Crippen LogP contribution is -2.22. The maximum absolute atomic E-state index is 13.5. The van der Waals surface area contributed by atoms with Crippen molar-refractivity contribution in [3.63, 3.8) is 0 Å². The average Bonchev–Trinajstić information content (AvgIpc) is 2.77. The number of rotatable bonds is 4. The molecule has 96 valence electrons. The zero-order chi connectivity index (χ0) is 13.1. The maximum Gasteiger partial charge on any atom is 0.169 e. The van der Waals surface area contributed by atoms with Gasteiger partial charge in [0.15, 0.2) is 4.67 Å². The Bertz CT molecular complexity index is 544. The first kappa shape index (κ1) is 13.6. The van der Waals surface area contributed by atoms with Crippen LogP contribution in [0.4, 0.5) is 4.39 Å². The molecule has 2 aromatic rings. The highest BCUT2D eigenvalue weighted by molar-refractivity contribution is 9.10. The number of nitrogens with one attached hydrogen (secondary N) is 1. The maximum atomic E-state index is 13.5. The van der Waals surface area contributed by atoms with Crippen LogP contribution in [-0.2, 0) is 0 Å². The first-order chi connectivity index (χ1) is 8.63. The fraction of sp³-hybridized carbons (Fsp3) is 0.231. The normalized spacial score (nSPS) is 12.7. The zero-order valence-corrected chi connectivity index (χ0v) is 12.1. The van der Waals surface area contributed by atoms with Crippen LogP contribution in [0.2, 0.25) is 5.02 Å². The number of hydrogen-bond donors (Lipinski definition) is 1. The smallest absolute Gasteiger partial charge is 0.169 e. The third kappa shape index (κ3) is 2.76. The SMILES string of the molecule is CCNC(c1ccc(Br)o1)c1cccc(F)c1Cl. The third-order valence-corrected chi connectivity index (χ3v) is 3.40. The second-order valence-corrected chi connectivity index (χ2v) is 4.94. The van der Waals surface area contributed by atoms with Crippen molar-refractivity contribution in [3.05, 3.63) is 57.2 Å². The van der Waals surface area contributed by atoms with Crippen LogP contribution in [0.15, 0.2) is 39.4 Å². The lowest BCUT2D eigenvalue weighted by molar-refractivity contribution is 0.436. The van der Waals surface area contributed by atoms with Crippen molar-refractivity contribution >= 4 is 27.5 Å². The second-order valence-electron chi connectivity index (χ2n) is 3.78. The summed E-state index contributed by atoms with van der Waals surface area (Å²) >= 11 is 9.27. The van der Waals surface area contributed by atoms with Gasteiger partial charge >= 0.3 is 0 Å². The summed E-state index contributed by atoms with van der Waals surface area (Å²) in [6.45, 7) is 2.69. The third-order valence-electron chi connectivity index (χ3n) is 2.58. The van der Waals surface area contributed by atoms with Gasteiger partial charge in [0.05, 0.1) is 11.1 Å². The molecule has 0 bridgehead atoms. The van der Waals surface area contributed by atoms with Crippen molar-refractivity contribution in [1.82, 2.24) is 5.32 Å². The number of halogens is 3. The van der Waals surface area contributed by atoms with Gasteiger partial charge in [-0.2, -0.15) is 0 Å². The summed E-state index contributed by atoms with van der Waals surface area (Å²) < 4.78 is 19.7. The van der Waals surface area contributed by atoms with Gasteiger partial charge in [-0.3, -0.25) is 0 Å². The van der Waals surface area contributed by atoms with E-state index in [0.29, 0.717) is 16.0 Å². The number of hydrogen-bond acceptors (Lipinski definition) is 2. The Morgan fingerprint density at radius 1 is 1.39 bits per heavy atom. The summed E-state index contributed by atoms with van der Waals surface area (Å²) in [5.74, 6) is 0.263. The van der Waals surface area contributed by atoms with E-state index in [-0.39, 0.29) is 11.1 Å². The summed E-state index contributed by atoms with van der Waals surface area (Å²) in [4.78, 5) is 0. The highest BCUT2D eigenvalue weighted by Crippen LogP contribution is 2.31. The Labute approximate surface area is 118 Å². The van der Waals surface area contributed by atoms with Crippen molar-refractivity contribution in [1.29, 1.82) is 0 Å². The predicted molar refractivity (Wildman–Crippen MR) is 73.3 cm³/mol. The zero-order valence-electron chi connectivity index (χ0n) is 9.71. The van der Waals surface area contributed by atoms with Gasteiger partial charge in [0, 0.05) is 0 Å². The molecule has 1 aromatic carbocycles. The van der Waals surface area contributed by atoms with E-state index >= 15 is 0 Å². The van der Waals surface area contributed by atoms with Crippen molar-refractivity contribution in [2.45, 2.75) is 13.0 Å². The molecule has 0 amide bonds. The molecular weight excluding hydrogens is 321 g/mol. The molecule has 0 aliphatic rings. The van der Waals surface area contributed by atoms with Crippen molar-refractivity contribution < 1.29 is 8.81 Å². The molecule has 1 heterocycles. The fourth-order valence-electron chi connectivity index (χ4n) is 1.79. The Hall–Kier alpha value is -0.840. The summed E-state index contributed by atoms with van der Waals surface area (Å²) in [7, 11) is 0. The van der Waals surface area contributed by atoms with E-state index in [9.17, 15) is 4.39 Å². The van der Waals surface area contributed by atoms with Gasteiger partial charge in [-0.1, -0.05) is 30.7 Å². The molecular formula is C13H12BrClFNO. The average molecular weight is 333 g/mol. The summed E-state index contributed by atoms with van der Waals surface area (Å²) in [6.07, 6.45) is 0. The van der Waals surface area contributed by atoms with Crippen molar-refractivity contribution in [2.75, 3.05) is 6.54 Å². The molecule has 18 heavy (non-hydrogen) atoms. The van der Waals surface area contributed by atoms with E-state index < -0.39 is 5.82 Å². The highest BCUT2D eigenvalue weighted by atomic mass is 79.9. The minimum Gasteiger partial charge on any atom is -0.452 e. The molecule has 0 spiro atoms. The Morgan fingerprint density at radius 2 is 2.17 bits per heavy atom. The molecule has 0 fully saturated rings. The van der Waals surface area contributed by atoms with Crippen molar-refractivity contribution in [3.8, 4) is 0 Å². The number of furan rings is 1. The molecule has 0 aliphatic heterocycles. The Morgan fingerprint density at radius 3 is 2.78 bits per heavy atom. The van der Waals surface area contributed by atoms with E-state index in [2.05, 4.69) is 21.2 Å². The first-order valence-corrected chi connectivity index (χ1v) is 6.73. The van der Waals surface area contributed by atoms with Crippen LogP contribution in [0.5, 0.6) is 0 Å². The molecule has 1 N–H and O–H groups in total. The van der Waals surface area contributed by atoms with E-state index in [1.807, 2.05) is 13.0 Å². The largest absolute Gasteiger partial charge is 0.452 e. The monoisotopic (exact) mass is 331 g/mol. The quantitative estimate of drug-likeness (QED) is 0.889. The highest BCUT2D eigenvalue weighted by Gasteiger charge is 2.20. The molecule has 1 atom stereocenters. The molecule has 0 saturated heterocycles. The first-order valence-electron chi connectivity index (χ1n) is 5.56.